The summed E-state index contributed by atoms with van der Waals surface area (Å²) in [6, 6.07) is 23.3. The molecule has 2 amide bonds. The van der Waals surface area contributed by atoms with Crippen molar-refractivity contribution in [2.24, 2.45) is 0 Å². The van der Waals surface area contributed by atoms with Crippen LogP contribution in [-0.4, -0.2) is 68.9 Å². The second kappa shape index (κ2) is 14.1. The van der Waals surface area contributed by atoms with Gasteiger partial charge >= 0.3 is 5.97 Å². The minimum atomic E-state index is -1.92. The minimum Gasteiger partial charge on any atom is -0.497 e. The van der Waals surface area contributed by atoms with Crippen molar-refractivity contribution in [3.63, 3.8) is 0 Å². The lowest BCUT2D eigenvalue weighted by Crippen LogP contribution is -2.61. The predicted octanol–water partition coefficient (Wildman–Crippen LogP) is 5.55. The molecular formula is C36H35ClN2O9. The number of benzene rings is 4. The smallest absolute Gasteiger partial charge is 0.348 e. The molecule has 250 valence electrons. The second-order valence-electron chi connectivity index (χ2n) is 11.0. The summed E-state index contributed by atoms with van der Waals surface area (Å²) in [6.45, 7) is 0.820. The molecule has 12 heteroatoms. The van der Waals surface area contributed by atoms with E-state index in [1.165, 1.54) is 57.3 Å². The van der Waals surface area contributed by atoms with E-state index in [0.717, 1.165) is 0 Å². The predicted molar refractivity (Wildman–Crippen MR) is 178 cm³/mol. The molecule has 0 saturated carbocycles. The second-order valence-corrected chi connectivity index (χ2v) is 11.4. The number of methoxy groups -OCH3 is 4. The Morgan fingerprint density at radius 1 is 0.812 bits per heavy atom. The molecule has 0 fully saturated rings. The SMILES string of the molecule is COc1cc(CN2C(=O)CN(C(C)=O)C(c3ccccc3)(C(Oc3cc(OC)cc(OC)c3)C(=O)O)c3cc(Cl)ccc32)cc(OC)c1. The highest BCUT2D eigenvalue weighted by atomic mass is 35.5. The molecule has 2 unspecified atom stereocenters. The quantitative estimate of drug-likeness (QED) is 0.218. The third-order valence-corrected chi connectivity index (χ3v) is 8.44. The van der Waals surface area contributed by atoms with E-state index in [-0.39, 0.29) is 22.9 Å². The van der Waals surface area contributed by atoms with Crippen molar-refractivity contribution in [3.05, 3.63) is 107 Å². The van der Waals surface area contributed by atoms with Gasteiger partial charge in [-0.2, -0.15) is 0 Å². The molecule has 4 aromatic carbocycles. The van der Waals surface area contributed by atoms with Gasteiger partial charge in [-0.1, -0.05) is 41.9 Å². The van der Waals surface area contributed by atoms with E-state index in [1.807, 2.05) is 0 Å². The van der Waals surface area contributed by atoms with Gasteiger partial charge in [-0.3, -0.25) is 9.59 Å². The number of carboxylic acids is 1. The fourth-order valence-electron chi connectivity index (χ4n) is 6.08. The van der Waals surface area contributed by atoms with Crippen molar-refractivity contribution in [3.8, 4) is 28.7 Å². The Hall–Kier alpha value is -5.42. The Morgan fingerprint density at radius 3 is 1.88 bits per heavy atom. The van der Waals surface area contributed by atoms with Crippen LogP contribution in [0.2, 0.25) is 5.02 Å². The summed E-state index contributed by atoms with van der Waals surface area (Å²) in [5.74, 6) is -0.620. The summed E-state index contributed by atoms with van der Waals surface area (Å²) >= 11 is 6.66. The van der Waals surface area contributed by atoms with Crippen LogP contribution in [0.1, 0.15) is 23.6 Å². The number of carboxylic acid groups (broad SMARTS) is 1. The van der Waals surface area contributed by atoms with Gasteiger partial charge in [0.15, 0.2) is 0 Å². The topological polar surface area (TPSA) is 124 Å². The van der Waals surface area contributed by atoms with Crippen LogP contribution in [0, 0.1) is 0 Å². The van der Waals surface area contributed by atoms with Gasteiger partial charge in [0, 0.05) is 41.8 Å². The van der Waals surface area contributed by atoms with Gasteiger partial charge in [-0.05, 0) is 41.5 Å². The summed E-state index contributed by atoms with van der Waals surface area (Å²) in [6.07, 6.45) is -1.82. The number of ether oxygens (including phenoxy) is 5. The van der Waals surface area contributed by atoms with Crippen molar-refractivity contribution < 1.29 is 43.2 Å². The maximum atomic E-state index is 14.3. The summed E-state index contributed by atoms with van der Waals surface area (Å²) in [4.78, 5) is 44.4. The number of rotatable bonds is 11. The van der Waals surface area contributed by atoms with Crippen molar-refractivity contribution in [1.82, 2.24) is 4.90 Å². The first-order valence-electron chi connectivity index (χ1n) is 14.8. The molecule has 4 aromatic rings. The third-order valence-electron chi connectivity index (χ3n) is 8.21. The molecule has 0 aromatic heterocycles. The highest BCUT2D eigenvalue weighted by Crippen LogP contribution is 2.48. The van der Waals surface area contributed by atoms with E-state index in [9.17, 15) is 19.5 Å². The number of fused-ring (bicyclic) bond motifs is 1. The molecule has 1 heterocycles. The maximum absolute atomic E-state index is 14.3. The lowest BCUT2D eigenvalue weighted by Gasteiger charge is -2.46. The monoisotopic (exact) mass is 674 g/mol. The van der Waals surface area contributed by atoms with Gasteiger partial charge in [-0.15, -0.1) is 0 Å². The normalized spacial score (nSPS) is 16.3. The fourth-order valence-corrected chi connectivity index (χ4v) is 6.26. The van der Waals surface area contributed by atoms with E-state index < -0.39 is 36.0 Å². The van der Waals surface area contributed by atoms with Gasteiger partial charge in [0.1, 0.15) is 40.8 Å². The van der Waals surface area contributed by atoms with Gasteiger partial charge < -0.3 is 38.6 Å². The van der Waals surface area contributed by atoms with Gasteiger partial charge in [0.2, 0.25) is 17.9 Å². The highest BCUT2D eigenvalue weighted by Gasteiger charge is 2.57. The Labute approximate surface area is 283 Å². The average Bonchev–Trinajstić information content (AvgIpc) is 3.19. The van der Waals surface area contributed by atoms with Crippen LogP contribution >= 0.6 is 11.6 Å². The lowest BCUT2D eigenvalue weighted by atomic mass is 9.75. The largest absolute Gasteiger partial charge is 0.497 e. The first-order valence-corrected chi connectivity index (χ1v) is 15.2. The van der Waals surface area contributed by atoms with Crippen molar-refractivity contribution in [2.45, 2.75) is 25.1 Å². The molecule has 0 radical (unpaired) electrons. The summed E-state index contributed by atoms with van der Waals surface area (Å²) in [5.41, 5.74) is -0.289. The third kappa shape index (κ3) is 6.41. The van der Waals surface area contributed by atoms with Crippen LogP contribution in [0.4, 0.5) is 5.69 Å². The zero-order valence-corrected chi connectivity index (χ0v) is 27.8. The molecule has 11 nitrogen and oxygen atoms in total. The molecule has 5 rings (SSSR count). The molecule has 0 saturated heterocycles. The average molecular weight is 675 g/mol. The number of nitrogens with zero attached hydrogens (tertiary/aromatic N) is 2. The fraction of sp³-hybridized carbons (Fsp3) is 0.250. The van der Waals surface area contributed by atoms with Crippen LogP contribution in [0.5, 0.6) is 28.7 Å². The molecule has 0 aliphatic carbocycles. The van der Waals surface area contributed by atoms with Crippen molar-refractivity contribution in [1.29, 1.82) is 0 Å². The summed E-state index contributed by atoms with van der Waals surface area (Å²) < 4.78 is 28.1. The molecule has 48 heavy (non-hydrogen) atoms. The standard InChI is InChI=1S/C36H35ClN2O9/c1-22(40)39-21-33(41)38(20-23-13-26(44-2)16-27(14-23)45-3)32-12-11-25(37)15-31(32)36(39,24-9-7-6-8-10-24)34(35(42)43)48-30-18-28(46-4)17-29(19-30)47-5/h6-19,34H,20-21H2,1-5H3,(H,42,43). The molecular weight excluding hydrogens is 640 g/mol. The van der Waals surface area contributed by atoms with Crippen LogP contribution in [0.3, 0.4) is 0 Å². The molecule has 2 atom stereocenters. The van der Waals surface area contributed by atoms with Crippen LogP contribution in [-0.2, 0) is 26.5 Å². The number of amides is 2. The van der Waals surface area contributed by atoms with E-state index in [1.54, 1.807) is 72.8 Å². The van der Waals surface area contributed by atoms with Crippen molar-refractivity contribution in [2.75, 3.05) is 39.9 Å². The first kappa shape index (κ1) is 33.9. The van der Waals surface area contributed by atoms with E-state index in [2.05, 4.69) is 0 Å². The van der Waals surface area contributed by atoms with Crippen LogP contribution in [0.25, 0.3) is 0 Å². The number of aliphatic carboxylic acids is 1. The lowest BCUT2D eigenvalue weighted by molar-refractivity contribution is -0.157. The van der Waals surface area contributed by atoms with Gasteiger partial charge in [-0.25, -0.2) is 4.79 Å². The van der Waals surface area contributed by atoms with Crippen LogP contribution < -0.4 is 28.6 Å². The first-order chi connectivity index (χ1) is 23.0. The Balaban J connectivity index is 1.83. The molecule has 1 aliphatic heterocycles. The Morgan fingerprint density at radius 2 is 1.35 bits per heavy atom. The molecule has 0 bridgehead atoms. The van der Waals surface area contributed by atoms with Crippen LogP contribution in [0.15, 0.2) is 84.9 Å². The number of carbonyl (C=O) groups is 3. The number of anilines is 1. The Bertz CT molecular complexity index is 1790. The molecule has 1 N–H and O–H groups in total. The van der Waals surface area contributed by atoms with E-state index in [4.69, 9.17) is 35.3 Å². The van der Waals surface area contributed by atoms with E-state index >= 15 is 0 Å². The highest BCUT2D eigenvalue weighted by molar-refractivity contribution is 6.30. The van der Waals surface area contributed by atoms with E-state index in [0.29, 0.717) is 39.8 Å². The maximum Gasteiger partial charge on any atom is 0.348 e. The molecule has 1 aliphatic rings. The molecule has 0 spiro atoms. The van der Waals surface area contributed by atoms with Gasteiger partial charge in [0.05, 0.1) is 40.7 Å². The number of halogens is 1. The summed E-state index contributed by atoms with van der Waals surface area (Å²) in [7, 11) is 5.96. The van der Waals surface area contributed by atoms with Gasteiger partial charge in [0.25, 0.3) is 0 Å². The van der Waals surface area contributed by atoms with Crippen molar-refractivity contribution >= 4 is 35.1 Å². The zero-order chi connectivity index (χ0) is 34.6. The number of carbonyl (C=O) groups excluding carboxylic acids is 2. The number of hydrogen-bond acceptors (Lipinski definition) is 8. The zero-order valence-electron chi connectivity index (χ0n) is 27.1. The minimum absolute atomic E-state index is 0.0311. The summed E-state index contributed by atoms with van der Waals surface area (Å²) in [5, 5.41) is 11.3. The Kier molecular flexibility index (Phi) is 10.00. The number of hydrogen-bond donors (Lipinski definition) is 1.